The number of carbonyl (C=O) groups is 2. The predicted molar refractivity (Wildman–Crippen MR) is 65.0 cm³/mol. The lowest BCUT2D eigenvalue weighted by atomic mass is 9.91. The number of carbonyl (C=O) groups excluding carboxylic acids is 2. The van der Waals surface area contributed by atoms with Gasteiger partial charge in [-0.1, -0.05) is 20.8 Å². The number of hydrogen-bond acceptors (Lipinski definition) is 2. The molecule has 4 heteroatoms. The van der Waals surface area contributed by atoms with Gasteiger partial charge in [-0.05, 0) is 25.2 Å². The first-order chi connectivity index (χ1) is 7.22. The number of amides is 2. The fraction of sp³-hybridized carbons (Fsp3) is 0.833. The van der Waals surface area contributed by atoms with Gasteiger partial charge in [-0.25, -0.2) is 0 Å². The van der Waals surface area contributed by atoms with Crippen molar-refractivity contribution in [3.63, 3.8) is 0 Å². The van der Waals surface area contributed by atoms with Crippen LogP contribution in [0.15, 0.2) is 0 Å². The summed E-state index contributed by atoms with van der Waals surface area (Å²) < 4.78 is 0. The maximum Gasteiger partial charge on any atom is 0.242 e. The molecule has 1 atom stereocenters. The third-order valence-electron chi connectivity index (χ3n) is 2.22. The Morgan fingerprint density at radius 1 is 1.25 bits per heavy atom. The molecule has 0 aromatic carbocycles. The first kappa shape index (κ1) is 14.9. The third kappa shape index (κ3) is 8.26. The molecule has 0 saturated carbocycles. The van der Waals surface area contributed by atoms with Crippen molar-refractivity contribution in [2.45, 2.75) is 53.5 Å². The zero-order chi connectivity index (χ0) is 12.8. The first-order valence-electron chi connectivity index (χ1n) is 5.77. The molecule has 94 valence electrons. The lowest BCUT2D eigenvalue weighted by molar-refractivity contribution is -0.127. The van der Waals surface area contributed by atoms with E-state index in [9.17, 15) is 9.59 Å². The minimum atomic E-state index is -0.452. The Morgan fingerprint density at radius 2 is 1.81 bits per heavy atom. The Balaban J connectivity index is 3.69. The normalized spacial score (nSPS) is 13.1. The monoisotopic (exact) mass is 228 g/mol. The van der Waals surface area contributed by atoms with E-state index in [0.717, 1.165) is 12.8 Å². The fourth-order valence-corrected chi connectivity index (χ4v) is 1.35. The largest absolute Gasteiger partial charge is 0.354 e. The molecule has 0 spiro atoms. The lowest BCUT2D eigenvalue weighted by Crippen LogP contribution is -2.44. The summed E-state index contributed by atoms with van der Waals surface area (Å²) in [6.45, 7) is 10.3. The van der Waals surface area contributed by atoms with Crippen molar-refractivity contribution in [1.82, 2.24) is 10.6 Å². The van der Waals surface area contributed by atoms with Crippen LogP contribution in [0.5, 0.6) is 0 Å². The second kappa shape index (κ2) is 6.51. The Morgan fingerprint density at radius 3 is 2.25 bits per heavy atom. The molecular formula is C12H24N2O2. The van der Waals surface area contributed by atoms with E-state index in [1.165, 1.54) is 6.92 Å². The summed E-state index contributed by atoms with van der Waals surface area (Å²) in [7, 11) is 0. The van der Waals surface area contributed by atoms with Gasteiger partial charge in [0.25, 0.3) is 0 Å². The van der Waals surface area contributed by atoms with Crippen LogP contribution < -0.4 is 10.6 Å². The average molecular weight is 228 g/mol. The van der Waals surface area contributed by atoms with Gasteiger partial charge >= 0.3 is 0 Å². The Labute approximate surface area is 98.2 Å². The summed E-state index contributed by atoms with van der Waals surface area (Å²) in [5, 5.41) is 5.36. The number of rotatable bonds is 5. The molecule has 1 unspecified atom stereocenters. The zero-order valence-corrected chi connectivity index (χ0v) is 11.0. The van der Waals surface area contributed by atoms with Crippen molar-refractivity contribution in [1.29, 1.82) is 0 Å². The van der Waals surface area contributed by atoms with Crippen molar-refractivity contribution in [3.8, 4) is 0 Å². The second-order valence-electron chi connectivity index (χ2n) is 5.38. The standard InChI is InChI=1S/C12H24N2O2/c1-9(14-10(2)15)11(16)13-8-6-7-12(3,4)5/h9H,6-8H2,1-5H3,(H,13,16)(H,14,15). The van der Waals surface area contributed by atoms with Crippen molar-refractivity contribution < 1.29 is 9.59 Å². The van der Waals surface area contributed by atoms with Crippen LogP contribution >= 0.6 is 0 Å². The van der Waals surface area contributed by atoms with Crippen LogP contribution in [-0.2, 0) is 9.59 Å². The van der Waals surface area contributed by atoms with Crippen molar-refractivity contribution in [2.24, 2.45) is 5.41 Å². The molecule has 2 amide bonds. The summed E-state index contributed by atoms with van der Waals surface area (Å²) in [6.07, 6.45) is 2.03. The molecule has 0 fully saturated rings. The summed E-state index contributed by atoms with van der Waals surface area (Å²) in [4.78, 5) is 22.2. The molecule has 0 saturated heterocycles. The van der Waals surface area contributed by atoms with Crippen molar-refractivity contribution in [2.75, 3.05) is 6.54 Å². The molecule has 0 aliphatic carbocycles. The topological polar surface area (TPSA) is 58.2 Å². The Bertz CT molecular complexity index is 244. The van der Waals surface area contributed by atoms with Gasteiger partial charge in [0.1, 0.15) is 6.04 Å². The minimum Gasteiger partial charge on any atom is -0.354 e. The van der Waals surface area contributed by atoms with Gasteiger partial charge in [0.05, 0.1) is 0 Å². The zero-order valence-electron chi connectivity index (χ0n) is 11.0. The number of nitrogens with one attached hydrogen (secondary N) is 2. The van der Waals surface area contributed by atoms with E-state index < -0.39 is 6.04 Å². The van der Waals surface area contributed by atoms with Crippen molar-refractivity contribution >= 4 is 11.8 Å². The molecule has 16 heavy (non-hydrogen) atoms. The van der Waals surface area contributed by atoms with Gasteiger partial charge < -0.3 is 10.6 Å². The van der Waals surface area contributed by atoms with Crippen LogP contribution in [0, 0.1) is 5.41 Å². The van der Waals surface area contributed by atoms with Crippen LogP contribution in [0.1, 0.15) is 47.5 Å². The van der Waals surface area contributed by atoms with E-state index in [0.29, 0.717) is 12.0 Å². The quantitative estimate of drug-likeness (QED) is 0.700. The van der Waals surface area contributed by atoms with Crippen molar-refractivity contribution in [3.05, 3.63) is 0 Å². The minimum absolute atomic E-state index is 0.121. The smallest absolute Gasteiger partial charge is 0.242 e. The molecule has 2 N–H and O–H groups in total. The van der Waals surface area contributed by atoms with E-state index in [-0.39, 0.29) is 11.8 Å². The molecule has 0 aromatic rings. The number of hydrogen-bond donors (Lipinski definition) is 2. The molecule has 0 rings (SSSR count). The summed E-state index contributed by atoms with van der Waals surface area (Å²) in [5.74, 6) is -0.304. The van der Waals surface area contributed by atoms with Gasteiger partial charge in [-0.3, -0.25) is 9.59 Å². The van der Waals surface area contributed by atoms with Crippen LogP contribution in [0.25, 0.3) is 0 Å². The van der Waals surface area contributed by atoms with Gasteiger partial charge in [0.2, 0.25) is 11.8 Å². The van der Waals surface area contributed by atoms with E-state index in [1.807, 2.05) is 0 Å². The van der Waals surface area contributed by atoms with Crippen LogP contribution in [0.3, 0.4) is 0 Å². The molecule has 0 aliphatic heterocycles. The maximum atomic E-state index is 11.5. The Hall–Kier alpha value is -1.06. The lowest BCUT2D eigenvalue weighted by Gasteiger charge is -2.18. The molecule has 4 nitrogen and oxygen atoms in total. The highest BCUT2D eigenvalue weighted by Crippen LogP contribution is 2.19. The highest BCUT2D eigenvalue weighted by Gasteiger charge is 2.13. The highest BCUT2D eigenvalue weighted by atomic mass is 16.2. The predicted octanol–water partition coefficient (Wildman–Crippen LogP) is 1.45. The van der Waals surface area contributed by atoms with E-state index >= 15 is 0 Å². The van der Waals surface area contributed by atoms with Gasteiger partial charge in [0.15, 0.2) is 0 Å². The summed E-state index contributed by atoms with van der Waals surface area (Å²) in [5.41, 5.74) is 0.300. The highest BCUT2D eigenvalue weighted by molar-refractivity contribution is 5.86. The Kier molecular flexibility index (Phi) is 6.08. The van der Waals surface area contributed by atoms with E-state index in [1.54, 1.807) is 6.92 Å². The molecule has 0 aliphatic rings. The summed E-state index contributed by atoms with van der Waals surface area (Å²) in [6, 6.07) is -0.452. The van der Waals surface area contributed by atoms with Gasteiger partial charge in [0, 0.05) is 13.5 Å². The summed E-state index contributed by atoms with van der Waals surface area (Å²) >= 11 is 0. The van der Waals surface area contributed by atoms with E-state index in [2.05, 4.69) is 31.4 Å². The first-order valence-corrected chi connectivity index (χ1v) is 5.77. The molecule has 0 bridgehead atoms. The van der Waals surface area contributed by atoms with Crippen LogP contribution in [0.4, 0.5) is 0 Å². The maximum absolute atomic E-state index is 11.5. The second-order valence-corrected chi connectivity index (χ2v) is 5.38. The SMILES string of the molecule is CC(=O)NC(C)C(=O)NCCCC(C)(C)C. The molecule has 0 radical (unpaired) electrons. The molecular weight excluding hydrogens is 204 g/mol. The molecule has 0 aromatic heterocycles. The molecule has 0 heterocycles. The third-order valence-corrected chi connectivity index (χ3v) is 2.22. The van der Waals surface area contributed by atoms with Gasteiger partial charge in [-0.15, -0.1) is 0 Å². The van der Waals surface area contributed by atoms with E-state index in [4.69, 9.17) is 0 Å². The average Bonchev–Trinajstić information content (AvgIpc) is 2.09. The fourth-order valence-electron chi connectivity index (χ4n) is 1.35. The van der Waals surface area contributed by atoms with Crippen LogP contribution in [-0.4, -0.2) is 24.4 Å². The van der Waals surface area contributed by atoms with Gasteiger partial charge in [-0.2, -0.15) is 0 Å². The van der Waals surface area contributed by atoms with Crippen LogP contribution in [0.2, 0.25) is 0 Å².